The molecule has 2 N–H and O–H groups in total. The average molecular weight is 503 g/mol. The first-order valence-corrected chi connectivity index (χ1v) is 12.6. The van der Waals surface area contributed by atoms with Gasteiger partial charge in [-0.3, -0.25) is 4.79 Å². The van der Waals surface area contributed by atoms with Gasteiger partial charge in [0.05, 0.1) is 27.1 Å². The van der Waals surface area contributed by atoms with Gasteiger partial charge < -0.3 is 29.7 Å². The number of carbonyl (C=O) groups excluding carboxylic acids is 1. The van der Waals surface area contributed by atoms with Crippen molar-refractivity contribution >= 4 is 27.5 Å². The fourth-order valence-corrected chi connectivity index (χ4v) is 4.52. The van der Waals surface area contributed by atoms with Gasteiger partial charge >= 0.3 is 0 Å². The number of rotatable bonds is 10. The largest absolute Gasteiger partial charge is 0.497 e. The summed E-state index contributed by atoms with van der Waals surface area (Å²) in [6.07, 6.45) is 5.85. The molecule has 1 amide bonds. The average Bonchev–Trinajstić information content (AvgIpc) is 2.87. The number of methoxy groups -OCH3 is 3. The number of sulfone groups is 1. The molecule has 1 aromatic heterocycles. The molecule has 1 saturated heterocycles. The Morgan fingerprint density at radius 3 is 2.60 bits per heavy atom. The molecule has 0 saturated carbocycles. The summed E-state index contributed by atoms with van der Waals surface area (Å²) < 4.78 is 41.2. The number of benzene rings is 1. The smallest absolute Gasteiger partial charge is 0.248 e. The van der Waals surface area contributed by atoms with Crippen LogP contribution in [-0.2, 0) is 20.4 Å². The van der Waals surface area contributed by atoms with E-state index in [4.69, 9.17) is 14.2 Å². The van der Waals surface area contributed by atoms with Gasteiger partial charge in [-0.25, -0.2) is 13.4 Å². The lowest BCUT2D eigenvalue weighted by Crippen LogP contribution is -2.45. The van der Waals surface area contributed by atoms with Crippen LogP contribution in [0.25, 0.3) is 6.08 Å². The Labute approximate surface area is 205 Å². The lowest BCUT2D eigenvalue weighted by Gasteiger charge is -2.26. The Bertz CT molecular complexity index is 1190. The van der Waals surface area contributed by atoms with Gasteiger partial charge in [0.1, 0.15) is 17.2 Å². The Morgan fingerprint density at radius 1 is 1.14 bits per heavy atom. The van der Waals surface area contributed by atoms with Crippen LogP contribution in [0.3, 0.4) is 0 Å². The van der Waals surface area contributed by atoms with E-state index in [1.165, 1.54) is 38.8 Å². The lowest BCUT2D eigenvalue weighted by molar-refractivity contribution is -0.126. The van der Waals surface area contributed by atoms with E-state index in [-0.39, 0.29) is 17.5 Å². The van der Waals surface area contributed by atoms with Crippen molar-refractivity contribution in [3.05, 3.63) is 59.3 Å². The minimum absolute atomic E-state index is 0.108. The number of piperazine rings is 1. The van der Waals surface area contributed by atoms with Crippen molar-refractivity contribution in [2.24, 2.45) is 0 Å². The van der Waals surface area contributed by atoms with Gasteiger partial charge in [0, 0.05) is 61.7 Å². The third kappa shape index (κ3) is 7.46. The Kier molecular flexibility index (Phi) is 9.10. The van der Waals surface area contributed by atoms with Crippen LogP contribution in [0.1, 0.15) is 11.1 Å². The number of aromatic nitrogens is 1. The maximum Gasteiger partial charge on any atom is 0.248 e. The summed E-state index contributed by atoms with van der Waals surface area (Å²) in [5.74, 6) is 1.01. The predicted octanol–water partition coefficient (Wildman–Crippen LogP) is 2.05. The van der Waals surface area contributed by atoms with Gasteiger partial charge in [-0.1, -0.05) is 0 Å². The summed E-state index contributed by atoms with van der Waals surface area (Å²) in [5, 5.41) is 7.31. The van der Waals surface area contributed by atoms with E-state index in [0.29, 0.717) is 41.4 Å². The van der Waals surface area contributed by atoms with Gasteiger partial charge in [-0.2, -0.15) is 0 Å². The Hall–Kier alpha value is -3.57. The number of ether oxygens (including phenoxy) is 3. The Morgan fingerprint density at radius 2 is 1.91 bits per heavy atom. The SMILES string of the molecule is COc1ccc(/C=C/S(=O)(=O)Cc2cnc(OC)c(N/C=C\C(=O)N3CCNCC3)c2)c(OC)c1. The lowest BCUT2D eigenvalue weighted by atomic mass is 10.2. The zero-order valence-electron chi connectivity index (χ0n) is 20.0. The molecule has 2 heterocycles. The van der Waals surface area contributed by atoms with Crippen molar-refractivity contribution < 1.29 is 27.4 Å². The van der Waals surface area contributed by atoms with E-state index < -0.39 is 9.84 Å². The topological polar surface area (TPSA) is 119 Å². The van der Waals surface area contributed by atoms with Crippen LogP contribution in [0.2, 0.25) is 0 Å². The quantitative estimate of drug-likeness (QED) is 0.471. The summed E-state index contributed by atoms with van der Waals surface area (Å²) in [4.78, 5) is 18.2. The first-order chi connectivity index (χ1) is 16.8. The molecular weight excluding hydrogens is 472 g/mol. The normalized spacial score (nSPS) is 14.3. The van der Waals surface area contributed by atoms with Gasteiger partial charge in [0.2, 0.25) is 11.8 Å². The number of nitrogens with one attached hydrogen (secondary N) is 2. The number of hydrogen-bond acceptors (Lipinski definition) is 9. The van der Waals surface area contributed by atoms with Crippen molar-refractivity contribution in [1.82, 2.24) is 15.2 Å². The molecule has 3 rings (SSSR count). The molecule has 2 aromatic rings. The number of carbonyl (C=O) groups is 1. The van der Waals surface area contributed by atoms with E-state index in [0.717, 1.165) is 18.5 Å². The molecule has 1 aliphatic rings. The predicted molar refractivity (Wildman–Crippen MR) is 134 cm³/mol. The van der Waals surface area contributed by atoms with Crippen LogP contribution in [0.4, 0.5) is 5.69 Å². The summed E-state index contributed by atoms with van der Waals surface area (Å²) in [6, 6.07) is 6.75. The maximum atomic E-state index is 12.7. The minimum atomic E-state index is -3.62. The highest BCUT2D eigenvalue weighted by molar-refractivity contribution is 7.93. The number of nitrogens with zero attached hydrogens (tertiary/aromatic N) is 2. The first-order valence-electron chi connectivity index (χ1n) is 10.9. The zero-order chi connectivity index (χ0) is 25.3. The first kappa shape index (κ1) is 26.0. The molecule has 0 aliphatic carbocycles. The molecule has 0 unspecified atom stereocenters. The second-order valence-corrected chi connectivity index (χ2v) is 9.56. The highest BCUT2D eigenvalue weighted by atomic mass is 32.2. The molecule has 1 aliphatic heterocycles. The van der Waals surface area contributed by atoms with Crippen LogP contribution >= 0.6 is 0 Å². The van der Waals surface area contributed by atoms with Gasteiger partial charge in [0.25, 0.3) is 0 Å². The Balaban J connectivity index is 1.70. The maximum absolute atomic E-state index is 12.7. The molecule has 1 fully saturated rings. The molecule has 188 valence electrons. The van der Waals surface area contributed by atoms with Crippen molar-refractivity contribution in [2.45, 2.75) is 5.75 Å². The van der Waals surface area contributed by atoms with E-state index in [1.54, 1.807) is 36.3 Å². The van der Waals surface area contributed by atoms with Gasteiger partial charge in [0.15, 0.2) is 9.84 Å². The third-order valence-corrected chi connectivity index (χ3v) is 6.54. The number of anilines is 1. The molecule has 10 nitrogen and oxygen atoms in total. The van der Waals surface area contributed by atoms with Gasteiger partial charge in [-0.15, -0.1) is 0 Å². The van der Waals surface area contributed by atoms with Crippen LogP contribution < -0.4 is 24.8 Å². The minimum Gasteiger partial charge on any atom is -0.497 e. The number of amides is 1. The summed E-state index contributed by atoms with van der Waals surface area (Å²) in [6.45, 7) is 2.83. The molecule has 1 aromatic carbocycles. The highest BCUT2D eigenvalue weighted by Crippen LogP contribution is 2.27. The molecular formula is C24H30N4O6S. The zero-order valence-corrected chi connectivity index (χ0v) is 20.8. The third-order valence-electron chi connectivity index (χ3n) is 5.26. The molecule has 0 atom stereocenters. The van der Waals surface area contributed by atoms with E-state index in [2.05, 4.69) is 15.6 Å². The van der Waals surface area contributed by atoms with Crippen molar-refractivity contribution in [1.29, 1.82) is 0 Å². The molecule has 0 radical (unpaired) electrons. The fourth-order valence-electron chi connectivity index (χ4n) is 3.45. The fraction of sp³-hybridized carbons (Fsp3) is 0.333. The van der Waals surface area contributed by atoms with Crippen LogP contribution in [0.15, 0.2) is 48.1 Å². The highest BCUT2D eigenvalue weighted by Gasteiger charge is 2.15. The van der Waals surface area contributed by atoms with Crippen molar-refractivity contribution in [3.8, 4) is 17.4 Å². The standard InChI is InChI=1S/C24H30N4O6S/c1-32-20-5-4-19(22(15-20)33-2)7-13-35(30,31)17-18-14-21(24(34-3)27-16-18)26-8-6-23(29)28-11-9-25-10-12-28/h4-8,13-16,25-26H,9-12,17H2,1-3H3/b8-6-,13-7+. The number of pyridine rings is 1. The summed E-state index contributed by atoms with van der Waals surface area (Å²) in [5.41, 5.74) is 1.51. The summed E-state index contributed by atoms with van der Waals surface area (Å²) >= 11 is 0. The van der Waals surface area contributed by atoms with Crippen molar-refractivity contribution in [2.75, 3.05) is 52.8 Å². The summed E-state index contributed by atoms with van der Waals surface area (Å²) in [7, 11) is 0.890. The second-order valence-electron chi connectivity index (χ2n) is 7.67. The molecule has 0 bridgehead atoms. The molecule has 11 heteroatoms. The van der Waals surface area contributed by atoms with E-state index in [9.17, 15) is 13.2 Å². The van der Waals surface area contributed by atoms with Crippen LogP contribution in [0.5, 0.6) is 17.4 Å². The number of hydrogen-bond donors (Lipinski definition) is 2. The van der Waals surface area contributed by atoms with Gasteiger partial charge in [-0.05, 0) is 29.8 Å². The monoisotopic (exact) mass is 502 g/mol. The van der Waals surface area contributed by atoms with Crippen LogP contribution in [0, 0.1) is 0 Å². The van der Waals surface area contributed by atoms with Crippen LogP contribution in [-0.4, -0.2) is 71.7 Å². The molecule has 0 spiro atoms. The molecule has 35 heavy (non-hydrogen) atoms. The van der Waals surface area contributed by atoms with E-state index in [1.807, 2.05) is 0 Å². The van der Waals surface area contributed by atoms with E-state index >= 15 is 0 Å². The second kappa shape index (κ2) is 12.2. The van der Waals surface area contributed by atoms with Crippen molar-refractivity contribution in [3.63, 3.8) is 0 Å².